The lowest BCUT2D eigenvalue weighted by Crippen LogP contribution is -2.42. The van der Waals surface area contributed by atoms with E-state index in [0.717, 1.165) is 62.8 Å². The molecule has 0 atom stereocenters. The van der Waals surface area contributed by atoms with E-state index in [1.54, 1.807) is 0 Å². The Hall–Kier alpha value is -3.16. The number of benzene rings is 3. The molecule has 0 amide bonds. The lowest BCUT2D eigenvalue weighted by Gasteiger charge is -2.29. The highest BCUT2D eigenvalue weighted by atomic mass is 32.2. The summed E-state index contributed by atoms with van der Waals surface area (Å²) in [4.78, 5) is 3.71. The van der Waals surface area contributed by atoms with Crippen molar-refractivity contribution in [3.05, 3.63) is 95.5 Å². The quantitative estimate of drug-likeness (QED) is 0.0984. The molecular weight excluding hydrogens is 538 g/mol. The number of quaternary nitrogens is 1. The van der Waals surface area contributed by atoms with Gasteiger partial charge in [0.1, 0.15) is 6.54 Å². The Balaban J connectivity index is 1.52. The standard InChI is InChI=1S/C36H45N3O2S/c1-39(2,24-14-26-41)23-12-10-21-37-32-18-7-6-17-31(32)30(27-34(37)29-15-4-3-5-16-29)28-36-38(22-11-13-25-40)33-19-8-9-20-35(33)42-36/h3-9,15-20,27-28,40-41H,10-14,21-26H2,1-2H3/q+2. The van der Waals surface area contributed by atoms with Gasteiger partial charge in [-0.15, -0.1) is 0 Å². The first-order chi connectivity index (χ1) is 20.5. The average Bonchev–Trinajstić information content (AvgIpc) is 3.36. The van der Waals surface area contributed by atoms with Crippen molar-refractivity contribution >= 4 is 34.4 Å². The van der Waals surface area contributed by atoms with Gasteiger partial charge in [0.25, 0.3) is 0 Å². The van der Waals surface area contributed by atoms with Gasteiger partial charge in [-0.2, -0.15) is 4.57 Å². The number of nitrogens with zero attached hydrogens (tertiary/aromatic N) is 3. The highest BCUT2D eigenvalue weighted by Crippen LogP contribution is 2.47. The van der Waals surface area contributed by atoms with Gasteiger partial charge in [-0.05, 0) is 54.8 Å². The average molecular weight is 584 g/mol. The van der Waals surface area contributed by atoms with E-state index in [0.29, 0.717) is 0 Å². The summed E-state index contributed by atoms with van der Waals surface area (Å²) in [5, 5.41) is 21.2. The molecule has 3 aromatic carbocycles. The number of anilines is 1. The van der Waals surface area contributed by atoms with E-state index in [2.05, 4.69) is 115 Å². The third kappa shape index (κ3) is 7.24. The van der Waals surface area contributed by atoms with E-state index < -0.39 is 0 Å². The second-order valence-corrected chi connectivity index (χ2v) is 12.9. The summed E-state index contributed by atoms with van der Waals surface area (Å²) in [5.74, 6) is 0. The van der Waals surface area contributed by atoms with Crippen LogP contribution in [0.1, 0.15) is 37.7 Å². The van der Waals surface area contributed by atoms with Gasteiger partial charge >= 0.3 is 0 Å². The topological polar surface area (TPSA) is 47.6 Å². The normalized spacial score (nSPS) is 14.2. The number of rotatable bonds is 14. The highest BCUT2D eigenvalue weighted by molar-refractivity contribution is 8.03. The van der Waals surface area contributed by atoms with Crippen LogP contribution in [0.15, 0.2) is 94.9 Å². The number of thioether (sulfide) groups is 1. The number of hydrogen-bond donors (Lipinski definition) is 2. The van der Waals surface area contributed by atoms with E-state index in [9.17, 15) is 10.2 Å². The smallest absolute Gasteiger partial charge is 0.213 e. The summed E-state index contributed by atoms with van der Waals surface area (Å²) in [6.45, 7) is 4.44. The van der Waals surface area contributed by atoms with Crippen molar-refractivity contribution in [3.63, 3.8) is 0 Å². The fourth-order valence-electron chi connectivity index (χ4n) is 5.92. The Labute approximate surface area is 255 Å². The van der Waals surface area contributed by atoms with Crippen LogP contribution in [-0.4, -0.2) is 61.6 Å². The lowest BCUT2D eigenvalue weighted by atomic mass is 10.0. The molecule has 1 aliphatic rings. The molecule has 0 spiro atoms. The summed E-state index contributed by atoms with van der Waals surface area (Å²) in [6.07, 6.45) is 7.20. The number of aliphatic hydroxyl groups excluding tert-OH is 2. The van der Waals surface area contributed by atoms with Crippen molar-refractivity contribution in [1.29, 1.82) is 0 Å². The van der Waals surface area contributed by atoms with Gasteiger partial charge < -0.3 is 19.6 Å². The lowest BCUT2D eigenvalue weighted by molar-refractivity contribution is -0.891. The van der Waals surface area contributed by atoms with Gasteiger partial charge in [-0.1, -0.05) is 54.2 Å². The summed E-state index contributed by atoms with van der Waals surface area (Å²) in [7, 11) is 4.53. The molecule has 0 saturated carbocycles. The molecule has 0 fully saturated rings. The number of aliphatic hydroxyl groups is 2. The van der Waals surface area contributed by atoms with Crippen molar-refractivity contribution < 1.29 is 19.3 Å². The molecule has 0 radical (unpaired) electrons. The van der Waals surface area contributed by atoms with E-state index in [1.165, 1.54) is 43.3 Å². The van der Waals surface area contributed by atoms with Gasteiger partial charge in [0, 0.05) is 61.6 Å². The van der Waals surface area contributed by atoms with Crippen LogP contribution in [0.2, 0.25) is 0 Å². The summed E-state index contributed by atoms with van der Waals surface area (Å²) >= 11 is 1.84. The van der Waals surface area contributed by atoms with Crippen LogP contribution in [-0.2, 0) is 6.54 Å². The molecule has 2 N–H and O–H groups in total. The van der Waals surface area contributed by atoms with Crippen LogP contribution in [0.25, 0.3) is 28.2 Å². The van der Waals surface area contributed by atoms with Crippen molar-refractivity contribution in [2.45, 2.75) is 43.5 Å². The van der Waals surface area contributed by atoms with Gasteiger partial charge in [-0.25, -0.2) is 0 Å². The highest BCUT2D eigenvalue weighted by Gasteiger charge is 2.26. The van der Waals surface area contributed by atoms with Crippen molar-refractivity contribution in [2.24, 2.45) is 0 Å². The van der Waals surface area contributed by atoms with Gasteiger partial charge in [0.2, 0.25) is 11.2 Å². The number of para-hydroxylation sites is 2. The zero-order chi connectivity index (χ0) is 29.4. The number of aryl methyl sites for hydroxylation is 1. The van der Waals surface area contributed by atoms with Crippen LogP contribution in [0, 0.1) is 0 Å². The minimum Gasteiger partial charge on any atom is -0.396 e. The summed E-state index contributed by atoms with van der Waals surface area (Å²) in [6, 6.07) is 30.6. The van der Waals surface area contributed by atoms with Crippen LogP contribution < -0.4 is 9.47 Å². The van der Waals surface area contributed by atoms with E-state index in [-0.39, 0.29) is 13.2 Å². The molecule has 0 unspecified atom stereocenters. The van der Waals surface area contributed by atoms with E-state index in [1.807, 2.05) is 11.8 Å². The molecular formula is C36H45N3O2S+2. The maximum absolute atomic E-state index is 9.42. The number of hydrogen-bond acceptors (Lipinski definition) is 4. The largest absolute Gasteiger partial charge is 0.396 e. The maximum atomic E-state index is 9.42. The Morgan fingerprint density at radius 1 is 0.786 bits per heavy atom. The van der Waals surface area contributed by atoms with Gasteiger partial charge in [0.15, 0.2) is 0 Å². The first-order valence-electron chi connectivity index (χ1n) is 15.3. The van der Waals surface area contributed by atoms with Crippen LogP contribution >= 0.6 is 11.8 Å². The predicted molar refractivity (Wildman–Crippen MR) is 176 cm³/mol. The minimum absolute atomic E-state index is 0.227. The Kier molecular flexibility index (Phi) is 10.3. The molecule has 0 aliphatic carbocycles. The summed E-state index contributed by atoms with van der Waals surface area (Å²) < 4.78 is 3.45. The second kappa shape index (κ2) is 14.3. The molecule has 6 heteroatoms. The fraction of sp³-hybridized carbons (Fsp3) is 0.361. The molecule has 4 aromatic rings. The van der Waals surface area contributed by atoms with Gasteiger partial charge in [-0.3, -0.25) is 0 Å². The van der Waals surface area contributed by atoms with Gasteiger partial charge in [0.05, 0.1) is 43.3 Å². The third-order valence-corrected chi connectivity index (χ3v) is 9.29. The molecule has 0 bridgehead atoms. The molecule has 5 nitrogen and oxygen atoms in total. The van der Waals surface area contributed by atoms with E-state index in [4.69, 9.17) is 0 Å². The predicted octanol–water partition coefficient (Wildman–Crippen LogP) is 6.72. The van der Waals surface area contributed by atoms with Crippen molar-refractivity contribution in [2.75, 3.05) is 51.8 Å². The number of pyridine rings is 1. The van der Waals surface area contributed by atoms with Crippen LogP contribution in [0.4, 0.5) is 5.69 Å². The Bertz CT molecular complexity index is 1500. The molecule has 42 heavy (non-hydrogen) atoms. The van der Waals surface area contributed by atoms with Crippen LogP contribution in [0.3, 0.4) is 0 Å². The second-order valence-electron chi connectivity index (χ2n) is 11.8. The summed E-state index contributed by atoms with van der Waals surface area (Å²) in [5.41, 5.74) is 6.20. The fourth-order valence-corrected chi connectivity index (χ4v) is 7.06. The first-order valence-corrected chi connectivity index (χ1v) is 16.1. The Morgan fingerprint density at radius 3 is 2.31 bits per heavy atom. The molecule has 0 saturated heterocycles. The first kappa shape index (κ1) is 30.3. The Morgan fingerprint density at radius 2 is 1.50 bits per heavy atom. The van der Waals surface area contributed by atoms with Crippen LogP contribution in [0.5, 0.6) is 0 Å². The zero-order valence-electron chi connectivity index (χ0n) is 25.1. The number of aromatic nitrogens is 1. The van der Waals surface area contributed by atoms with Crippen molar-refractivity contribution in [1.82, 2.24) is 0 Å². The zero-order valence-corrected chi connectivity index (χ0v) is 25.9. The molecule has 220 valence electrons. The monoisotopic (exact) mass is 583 g/mol. The maximum Gasteiger partial charge on any atom is 0.213 e. The van der Waals surface area contributed by atoms with Crippen molar-refractivity contribution in [3.8, 4) is 11.3 Å². The number of fused-ring (bicyclic) bond motifs is 2. The molecule has 2 heterocycles. The molecule has 1 aliphatic heterocycles. The minimum atomic E-state index is 0.227. The third-order valence-electron chi connectivity index (χ3n) is 8.18. The SMILES string of the molecule is C[N+](C)(CCCO)CCCC[n+]1c(-c2ccccc2)cc(/C=C2/Sc3ccccc3N2CCCCO)c2ccccc21. The number of unbranched alkanes of at least 4 members (excludes halogenated alkanes) is 2. The molecule has 1 aromatic heterocycles. The van der Waals surface area contributed by atoms with E-state index >= 15 is 0 Å². The molecule has 5 rings (SSSR count).